The summed E-state index contributed by atoms with van der Waals surface area (Å²) in [5.41, 5.74) is 0. The molecule has 4 atom stereocenters. The molecule has 25 heavy (non-hydrogen) atoms. The fraction of sp³-hybridized carbons (Fsp3) is 0.650. The van der Waals surface area contributed by atoms with Crippen LogP contribution in [0, 0.1) is 0 Å². The van der Waals surface area contributed by atoms with Crippen molar-refractivity contribution in [2.75, 3.05) is 0 Å². The van der Waals surface area contributed by atoms with E-state index in [-0.39, 0.29) is 24.3 Å². The van der Waals surface area contributed by atoms with E-state index in [0.29, 0.717) is 11.5 Å². The van der Waals surface area contributed by atoms with Gasteiger partial charge in [-0.25, -0.2) is 0 Å². The van der Waals surface area contributed by atoms with Crippen molar-refractivity contribution in [3.05, 3.63) is 24.3 Å². The van der Waals surface area contributed by atoms with Crippen LogP contribution in [-0.4, -0.2) is 35.5 Å². The van der Waals surface area contributed by atoms with Gasteiger partial charge in [0.2, 0.25) is 0 Å². The van der Waals surface area contributed by atoms with Crippen molar-refractivity contribution in [3.8, 4) is 11.5 Å². The van der Waals surface area contributed by atoms with Gasteiger partial charge in [-0.05, 0) is 57.1 Å². The normalized spacial score (nSPS) is 29.7. The van der Waals surface area contributed by atoms with Crippen molar-refractivity contribution in [3.63, 3.8) is 0 Å². The Bertz CT molecular complexity index is 573. The molecule has 3 rings (SSSR count). The van der Waals surface area contributed by atoms with Gasteiger partial charge >= 0.3 is 5.97 Å². The number of carbonyl (C=O) groups is 1. The Morgan fingerprint density at radius 2 is 1.48 bits per heavy atom. The zero-order chi connectivity index (χ0) is 17.6. The molecule has 1 aromatic carbocycles. The first kappa shape index (κ1) is 18.1. The Labute approximate surface area is 149 Å². The average molecular weight is 348 g/mol. The number of aliphatic hydroxyl groups excluding tert-OH is 1. The zero-order valence-electron chi connectivity index (χ0n) is 14.9. The topological polar surface area (TPSA) is 65.0 Å². The second kappa shape index (κ2) is 8.56. The third kappa shape index (κ3) is 5.11. The molecule has 2 aliphatic carbocycles. The Balaban J connectivity index is 1.63. The van der Waals surface area contributed by atoms with E-state index in [9.17, 15) is 9.90 Å². The summed E-state index contributed by atoms with van der Waals surface area (Å²) in [6.07, 6.45) is 6.83. The average Bonchev–Trinajstić information content (AvgIpc) is 2.59. The highest BCUT2D eigenvalue weighted by atomic mass is 16.6. The number of aliphatic hydroxyl groups is 1. The molecule has 0 saturated heterocycles. The number of benzene rings is 1. The predicted molar refractivity (Wildman–Crippen MR) is 93.8 cm³/mol. The molecule has 1 N–H and O–H groups in total. The molecular weight excluding hydrogens is 320 g/mol. The summed E-state index contributed by atoms with van der Waals surface area (Å²) in [6.45, 7) is 1.44. The van der Waals surface area contributed by atoms with E-state index in [4.69, 9.17) is 14.2 Å². The largest absolute Gasteiger partial charge is 0.488 e. The number of esters is 1. The first-order valence-corrected chi connectivity index (χ1v) is 9.40. The first-order chi connectivity index (χ1) is 12.1. The monoisotopic (exact) mass is 348 g/mol. The van der Waals surface area contributed by atoms with Crippen molar-refractivity contribution in [1.82, 2.24) is 0 Å². The molecule has 0 spiro atoms. The van der Waals surface area contributed by atoms with Gasteiger partial charge < -0.3 is 19.3 Å². The second-order valence-corrected chi connectivity index (χ2v) is 7.07. The van der Waals surface area contributed by atoms with Gasteiger partial charge in [0, 0.05) is 13.0 Å². The van der Waals surface area contributed by atoms with Gasteiger partial charge in [-0.2, -0.15) is 0 Å². The van der Waals surface area contributed by atoms with Crippen molar-refractivity contribution in [1.29, 1.82) is 0 Å². The number of hydrogen-bond donors (Lipinski definition) is 1. The fourth-order valence-corrected chi connectivity index (χ4v) is 3.73. The van der Waals surface area contributed by atoms with Crippen LogP contribution in [0.2, 0.25) is 0 Å². The van der Waals surface area contributed by atoms with Gasteiger partial charge in [0.15, 0.2) is 0 Å². The molecule has 2 saturated carbocycles. The molecule has 0 unspecified atom stereocenters. The fourth-order valence-electron chi connectivity index (χ4n) is 3.73. The van der Waals surface area contributed by atoms with E-state index in [2.05, 4.69) is 0 Å². The minimum absolute atomic E-state index is 0.117. The van der Waals surface area contributed by atoms with Crippen molar-refractivity contribution in [2.45, 2.75) is 82.7 Å². The first-order valence-electron chi connectivity index (χ1n) is 9.40. The lowest BCUT2D eigenvalue weighted by Crippen LogP contribution is -2.38. The molecule has 2 aliphatic rings. The summed E-state index contributed by atoms with van der Waals surface area (Å²) in [5.74, 6) is 1.17. The van der Waals surface area contributed by atoms with E-state index in [1.165, 1.54) is 6.92 Å². The van der Waals surface area contributed by atoms with E-state index in [1.54, 1.807) is 0 Å². The van der Waals surface area contributed by atoms with Crippen LogP contribution in [0.4, 0.5) is 0 Å². The van der Waals surface area contributed by atoms with Gasteiger partial charge in [0.05, 0.1) is 6.10 Å². The van der Waals surface area contributed by atoms with Crippen LogP contribution in [0.15, 0.2) is 24.3 Å². The Morgan fingerprint density at radius 3 is 2.12 bits per heavy atom. The number of carbonyl (C=O) groups excluding carboxylic acids is 1. The molecule has 0 aromatic heterocycles. The number of ether oxygens (including phenoxy) is 3. The SMILES string of the molecule is CC(=O)O[C@@H]1CCCC[C@H]1Oc1cccc(O[C@H]2CCCC[C@@H]2O)c1. The zero-order valence-corrected chi connectivity index (χ0v) is 14.9. The summed E-state index contributed by atoms with van der Waals surface area (Å²) in [7, 11) is 0. The highest BCUT2D eigenvalue weighted by Gasteiger charge is 2.29. The van der Waals surface area contributed by atoms with E-state index < -0.39 is 6.10 Å². The van der Waals surface area contributed by atoms with Crippen LogP contribution in [0.25, 0.3) is 0 Å². The van der Waals surface area contributed by atoms with Gasteiger partial charge in [0.1, 0.15) is 29.8 Å². The maximum absolute atomic E-state index is 11.3. The summed E-state index contributed by atoms with van der Waals surface area (Å²) >= 11 is 0. The standard InChI is InChI=1S/C20H28O5/c1-14(21)23-19-11-4-5-12-20(19)25-16-8-6-7-15(13-16)24-18-10-3-2-9-17(18)22/h6-8,13,17-20,22H,2-5,9-12H2,1H3/t17-,18-,19+,20+/m0/s1. The molecule has 0 heterocycles. The van der Waals surface area contributed by atoms with Crippen LogP contribution in [0.3, 0.4) is 0 Å². The van der Waals surface area contributed by atoms with Crippen LogP contribution in [-0.2, 0) is 9.53 Å². The summed E-state index contributed by atoms with van der Waals surface area (Å²) in [5, 5.41) is 10.1. The molecule has 0 amide bonds. The molecule has 5 nitrogen and oxygen atoms in total. The van der Waals surface area contributed by atoms with Crippen LogP contribution in [0.5, 0.6) is 11.5 Å². The lowest BCUT2D eigenvalue weighted by Gasteiger charge is -2.31. The maximum Gasteiger partial charge on any atom is 0.303 e. The van der Waals surface area contributed by atoms with Gasteiger partial charge in [-0.3, -0.25) is 4.79 Å². The van der Waals surface area contributed by atoms with Gasteiger partial charge in [-0.15, -0.1) is 0 Å². The minimum Gasteiger partial charge on any atom is -0.488 e. The van der Waals surface area contributed by atoms with Gasteiger partial charge in [0.25, 0.3) is 0 Å². The quantitative estimate of drug-likeness (QED) is 0.823. The molecule has 1 aromatic rings. The van der Waals surface area contributed by atoms with Crippen LogP contribution < -0.4 is 9.47 Å². The molecule has 0 bridgehead atoms. The lowest BCUT2D eigenvalue weighted by molar-refractivity contribution is -0.153. The number of rotatable bonds is 5. The van der Waals surface area contributed by atoms with E-state index >= 15 is 0 Å². The Morgan fingerprint density at radius 1 is 0.920 bits per heavy atom. The van der Waals surface area contributed by atoms with Crippen molar-refractivity contribution >= 4 is 5.97 Å². The maximum atomic E-state index is 11.3. The molecule has 2 fully saturated rings. The van der Waals surface area contributed by atoms with Crippen LogP contribution in [0.1, 0.15) is 58.3 Å². The minimum atomic E-state index is -0.398. The van der Waals surface area contributed by atoms with Crippen molar-refractivity contribution in [2.24, 2.45) is 0 Å². The molecule has 0 radical (unpaired) electrons. The molecule has 5 heteroatoms. The summed E-state index contributed by atoms with van der Waals surface area (Å²) in [6, 6.07) is 7.53. The van der Waals surface area contributed by atoms with E-state index in [0.717, 1.165) is 51.4 Å². The Kier molecular flexibility index (Phi) is 6.19. The molecule has 138 valence electrons. The van der Waals surface area contributed by atoms with E-state index in [1.807, 2.05) is 24.3 Å². The lowest BCUT2D eigenvalue weighted by atomic mass is 9.94. The summed E-state index contributed by atoms with van der Waals surface area (Å²) < 4.78 is 17.5. The van der Waals surface area contributed by atoms with Crippen molar-refractivity contribution < 1.29 is 24.1 Å². The Hall–Kier alpha value is -1.75. The van der Waals surface area contributed by atoms with Gasteiger partial charge in [-0.1, -0.05) is 12.5 Å². The molecule has 0 aliphatic heterocycles. The number of hydrogen-bond acceptors (Lipinski definition) is 5. The third-order valence-electron chi connectivity index (χ3n) is 5.01. The second-order valence-electron chi connectivity index (χ2n) is 7.07. The van der Waals surface area contributed by atoms with Crippen LogP contribution >= 0.6 is 0 Å². The highest BCUT2D eigenvalue weighted by molar-refractivity contribution is 5.66. The summed E-state index contributed by atoms with van der Waals surface area (Å²) in [4.78, 5) is 11.3. The third-order valence-corrected chi connectivity index (χ3v) is 5.01. The smallest absolute Gasteiger partial charge is 0.303 e. The predicted octanol–water partition coefficient (Wildman–Crippen LogP) is 3.62. The molecular formula is C20H28O5. The highest BCUT2D eigenvalue weighted by Crippen LogP contribution is 2.30.